The van der Waals surface area contributed by atoms with E-state index < -0.39 is 29.7 Å². The maximum Gasteiger partial charge on any atom is 0.417 e. The first-order valence-electron chi connectivity index (χ1n) is 9.38. The first-order valence-corrected chi connectivity index (χ1v) is 9.38. The summed E-state index contributed by atoms with van der Waals surface area (Å²) in [6, 6.07) is 15.4. The van der Waals surface area contributed by atoms with Gasteiger partial charge in [0.05, 0.1) is 23.7 Å². The number of carboxylic acid groups (broad SMARTS) is 1. The fourth-order valence-electron chi connectivity index (χ4n) is 3.29. The van der Waals surface area contributed by atoms with Crippen LogP contribution in [-0.4, -0.2) is 22.0 Å². The Bertz CT molecular complexity index is 1110. The molecule has 0 aliphatic heterocycles. The molecule has 5 nitrogen and oxygen atoms in total. The van der Waals surface area contributed by atoms with Crippen molar-refractivity contribution >= 4 is 11.9 Å². The van der Waals surface area contributed by atoms with E-state index in [2.05, 4.69) is 10.3 Å². The van der Waals surface area contributed by atoms with Crippen LogP contribution < -0.4 is 5.32 Å². The summed E-state index contributed by atoms with van der Waals surface area (Å²) in [5.41, 5.74) is 0.311. The Kier molecular flexibility index (Phi) is 6.39. The predicted molar refractivity (Wildman–Crippen MR) is 108 cm³/mol. The number of nitrogens with zero attached hydrogens (tertiary/aromatic N) is 1. The number of nitrogens with one attached hydrogen (secondary N) is 1. The molecular formula is C23H19F3N2O3. The maximum atomic E-state index is 13.3. The SMILES string of the molecule is Cc1ccccc1[C@H](CC(=O)O)NC(=O)c1cccc(-c2ccccc2C(F)(F)F)n1. The van der Waals surface area contributed by atoms with Crippen LogP contribution in [0.4, 0.5) is 13.2 Å². The highest BCUT2D eigenvalue weighted by atomic mass is 19.4. The van der Waals surface area contributed by atoms with E-state index in [0.717, 1.165) is 11.6 Å². The summed E-state index contributed by atoms with van der Waals surface area (Å²) in [7, 11) is 0. The number of carboxylic acids is 1. The van der Waals surface area contributed by atoms with E-state index in [0.29, 0.717) is 5.56 Å². The molecule has 0 radical (unpaired) electrons. The van der Waals surface area contributed by atoms with Gasteiger partial charge in [0.15, 0.2) is 0 Å². The second kappa shape index (κ2) is 8.99. The van der Waals surface area contributed by atoms with Gasteiger partial charge in [0.25, 0.3) is 5.91 Å². The summed E-state index contributed by atoms with van der Waals surface area (Å²) in [6.45, 7) is 1.79. The largest absolute Gasteiger partial charge is 0.481 e. The Balaban J connectivity index is 1.93. The van der Waals surface area contributed by atoms with E-state index in [1.54, 1.807) is 31.2 Å². The van der Waals surface area contributed by atoms with E-state index in [9.17, 15) is 27.9 Å². The number of alkyl halides is 3. The summed E-state index contributed by atoms with van der Waals surface area (Å²) in [6.07, 6.45) is -4.93. The number of benzene rings is 2. The van der Waals surface area contributed by atoms with Crippen LogP contribution in [0.2, 0.25) is 0 Å². The van der Waals surface area contributed by atoms with E-state index in [-0.39, 0.29) is 23.4 Å². The molecule has 2 N–H and O–H groups in total. The molecule has 0 spiro atoms. The van der Waals surface area contributed by atoms with Crippen molar-refractivity contribution in [2.45, 2.75) is 25.6 Å². The Hall–Kier alpha value is -3.68. The van der Waals surface area contributed by atoms with Crippen molar-refractivity contribution in [3.8, 4) is 11.3 Å². The summed E-state index contributed by atoms with van der Waals surface area (Å²) in [4.78, 5) is 28.2. The zero-order chi connectivity index (χ0) is 22.6. The third-order valence-electron chi connectivity index (χ3n) is 4.74. The van der Waals surface area contributed by atoms with Gasteiger partial charge in [0, 0.05) is 5.56 Å². The lowest BCUT2D eigenvalue weighted by Gasteiger charge is -2.19. The van der Waals surface area contributed by atoms with Crippen molar-refractivity contribution in [1.82, 2.24) is 10.3 Å². The highest BCUT2D eigenvalue weighted by Gasteiger charge is 2.33. The molecule has 3 rings (SSSR count). The normalized spacial score (nSPS) is 12.3. The van der Waals surface area contributed by atoms with Gasteiger partial charge in [-0.05, 0) is 36.2 Å². The predicted octanol–water partition coefficient (Wildman–Crippen LogP) is 5.02. The zero-order valence-corrected chi connectivity index (χ0v) is 16.5. The molecule has 1 aromatic heterocycles. The molecule has 31 heavy (non-hydrogen) atoms. The van der Waals surface area contributed by atoms with Gasteiger partial charge < -0.3 is 10.4 Å². The number of hydrogen-bond donors (Lipinski definition) is 2. The van der Waals surface area contributed by atoms with Crippen LogP contribution in [0.3, 0.4) is 0 Å². The van der Waals surface area contributed by atoms with E-state index in [1.165, 1.54) is 36.4 Å². The number of rotatable bonds is 6. The molecule has 0 unspecified atom stereocenters. The standard InChI is InChI=1S/C23H19F3N2O3/c1-14-7-2-3-8-15(14)20(13-21(29)30)28-22(31)19-12-6-11-18(27-19)16-9-4-5-10-17(16)23(24,25)26/h2-12,20H,13H2,1H3,(H,28,31)(H,29,30)/t20-/m0/s1. The molecule has 8 heteroatoms. The number of aromatic nitrogens is 1. The molecular weight excluding hydrogens is 409 g/mol. The fraction of sp³-hybridized carbons (Fsp3) is 0.174. The minimum absolute atomic E-state index is 0.00810. The Morgan fingerprint density at radius 3 is 2.35 bits per heavy atom. The van der Waals surface area contributed by atoms with Gasteiger partial charge in [0.2, 0.25) is 0 Å². The number of carbonyl (C=O) groups excluding carboxylic acids is 1. The molecule has 2 aromatic carbocycles. The molecule has 1 atom stereocenters. The lowest BCUT2D eigenvalue weighted by atomic mass is 9.98. The summed E-state index contributed by atoms with van der Waals surface area (Å²) in [5, 5.41) is 11.9. The monoisotopic (exact) mass is 428 g/mol. The lowest BCUT2D eigenvalue weighted by Crippen LogP contribution is -2.31. The molecule has 1 heterocycles. The molecule has 0 saturated heterocycles. The van der Waals surface area contributed by atoms with E-state index >= 15 is 0 Å². The lowest BCUT2D eigenvalue weighted by molar-refractivity contribution is -0.138. The Morgan fingerprint density at radius 2 is 1.68 bits per heavy atom. The maximum absolute atomic E-state index is 13.3. The molecule has 3 aromatic rings. The average molecular weight is 428 g/mol. The second-order valence-corrected chi connectivity index (χ2v) is 6.93. The quantitative estimate of drug-likeness (QED) is 0.578. The van der Waals surface area contributed by atoms with Crippen molar-refractivity contribution < 1.29 is 27.9 Å². The van der Waals surface area contributed by atoms with Crippen molar-refractivity contribution in [2.75, 3.05) is 0 Å². The van der Waals surface area contributed by atoms with E-state index in [4.69, 9.17) is 0 Å². The third kappa shape index (κ3) is 5.28. The summed E-state index contributed by atoms with van der Waals surface area (Å²) < 4.78 is 40.0. The van der Waals surface area contributed by atoms with Crippen molar-refractivity contribution in [3.63, 3.8) is 0 Å². The average Bonchev–Trinajstić information content (AvgIpc) is 2.73. The number of hydrogen-bond acceptors (Lipinski definition) is 3. The number of aryl methyl sites for hydroxylation is 1. The van der Waals surface area contributed by atoms with Crippen LogP contribution in [0.15, 0.2) is 66.7 Å². The van der Waals surface area contributed by atoms with Crippen LogP contribution >= 0.6 is 0 Å². The second-order valence-electron chi connectivity index (χ2n) is 6.93. The summed E-state index contributed by atoms with van der Waals surface area (Å²) >= 11 is 0. The van der Waals surface area contributed by atoms with Gasteiger partial charge in [-0.15, -0.1) is 0 Å². The smallest absolute Gasteiger partial charge is 0.417 e. The topological polar surface area (TPSA) is 79.3 Å². The van der Waals surface area contributed by atoms with Crippen LogP contribution in [0.5, 0.6) is 0 Å². The molecule has 0 aliphatic carbocycles. The fourth-order valence-corrected chi connectivity index (χ4v) is 3.29. The zero-order valence-electron chi connectivity index (χ0n) is 16.5. The molecule has 0 fully saturated rings. The number of carbonyl (C=O) groups is 2. The number of halogens is 3. The van der Waals surface area contributed by atoms with Crippen LogP contribution in [0, 0.1) is 6.92 Å². The van der Waals surface area contributed by atoms with Gasteiger partial charge in [-0.1, -0.05) is 48.5 Å². The van der Waals surface area contributed by atoms with Crippen LogP contribution in [0.25, 0.3) is 11.3 Å². The highest BCUT2D eigenvalue weighted by Crippen LogP contribution is 2.36. The number of pyridine rings is 1. The number of aliphatic carboxylic acids is 1. The first-order chi connectivity index (χ1) is 14.7. The molecule has 0 saturated carbocycles. The van der Waals surface area contributed by atoms with Gasteiger partial charge >= 0.3 is 12.1 Å². The third-order valence-corrected chi connectivity index (χ3v) is 4.74. The van der Waals surface area contributed by atoms with Crippen LogP contribution in [-0.2, 0) is 11.0 Å². The van der Waals surface area contributed by atoms with Crippen molar-refractivity contribution in [3.05, 3.63) is 89.1 Å². The Labute approximate surface area is 176 Å². The van der Waals surface area contributed by atoms with Crippen LogP contribution in [0.1, 0.15) is 39.6 Å². The van der Waals surface area contributed by atoms with Gasteiger partial charge in [-0.3, -0.25) is 9.59 Å². The van der Waals surface area contributed by atoms with Gasteiger partial charge in [-0.2, -0.15) is 13.2 Å². The minimum Gasteiger partial charge on any atom is -0.481 e. The molecule has 0 aliphatic rings. The highest BCUT2D eigenvalue weighted by molar-refractivity contribution is 5.93. The number of amides is 1. The Morgan fingerprint density at radius 1 is 1.00 bits per heavy atom. The van der Waals surface area contributed by atoms with Gasteiger partial charge in [-0.25, -0.2) is 4.98 Å². The molecule has 160 valence electrons. The first kappa shape index (κ1) is 22.0. The summed E-state index contributed by atoms with van der Waals surface area (Å²) in [5.74, 6) is -1.78. The molecule has 1 amide bonds. The minimum atomic E-state index is -4.58. The van der Waals surface area contributed by atoms with Crippen molar-refractivity contribution in [2.24, 2.45) is 0 Å². The van der Waals surface area contributed by atoms with Crippen molar-refractivity contribution in [1.29, 1.82) is 0 Å². The van der Waals surface area contributed by atoms with E-state index in [1.807, 2.05) is 0 Å². The van der Waals surface area contributed by atoms with Gasteiger partial charge in [0.1, 0.15) is 5.69 Å². The molecule has 0 bridgehead atoms.